The first kappa shape index (κ1) is 14.8. The van der Waals surface area contributed by atoms with Crippen molar-refractivity contribution in [1.82, 2.24) is 15.1 Å². The number of fused-ring (bicyclic) bond motifs is 1. The maximum atomic E-state index is 4.45. The normalized spacial score (nSPS) is 15.9. The summed E-state index contributed by atoms with van der Waals surface area (Å²) < 4.78 is 2.02. The van der Waals surface area contributed by atoms with Crippen molar-refractivity contribution >= 4 is 11.3 Å². The lowest BCUT2D eigenvalue weighted by Gasteiger charge is -2.15. The van der Waals surface area contributed by atoms with Gasteiger partial charge in [0, 0.05) is 28.1 Å². The number of nitrogens with one attached hydrogen (secondary N) is 1. The molecule has 1 aliphatic carbocycles. The summed E-state index contributed by atoms with van der Waals surface area (Å²) in [6, 6.07) is 2.75. The molecule has 114 valence electrons. The van der Waals surface area contributed by atoms with Crippen LogP contribution in [-0.2, 0) is 19.4 Å². The van der Waals surface area contributed by atoms with Gasteiger partial charge in [-0.2, -0.15) is 5.10 Å². The van der Waals surface area contributed by atoms with Gasteiger partial charge >= 0.3 is 0 Å². The quantitative estimate of drug-likeness (QED) is 0.876. The largest absolute Gasteiger partial charge is 0.306 e. The summed E-state index contributed by atoms with van der Waals surface area (Å²) in [6.45, 7) is 6.33. The fourth-order valence-corrected chi connectivity index (χ4v) is 4.39. The molecule has 0 saturated carbocycles. The first-order valence-electron chi connectivity index (χ1n) is 8.19. The molecule has 0 bridgehead atoms. The summed E-state index contributed by atoms with van der Waals surface area (Å²) in [4.78, 5) is 3.08. The molecule has 0 radical (unpaired) electrons. The van der Waals surface area contributed by atoms with E-state index >= 15 is 0 Å². The van der Waals surface area contributed by atoms with E-state index in [0.29, 0.717) is 6.04 Å². The Kier molecular flexibility index (Phi) is 4.76. The molecule has 0 aromatic carbocycles. The van der Waals surface area contributed by atoms with Crippen LogP contribution in [0.2, 0.25) is 0 Å². The molecular formula is C17H25N3S. The average Bonchev–Trinajstić information content (AvgIpc) is 3.14. The number of aryl methyl sites for hydroxylation is 3. The van der Waals surface area contributed by atoms with E-state index in [1.165, 1.54) is 36.1 Å². The molecule has 1 N–H and O–H groups in total. The van der Waals surface area contributed by atoms with Gasteiger partial charge in [-0.1, -0.05) is 6.92 Å². The average molecular weight is 303 g/mol. The summed E-state index contributed by atoms with van der Waals surface area (Å²) in [5.74, 6) is 0. The molecule has 0 saturated heterocycles. The van der Waals surface area contributed by atoms with E-state index < -0.39 is 0 Å². The highest BCUT2D eigenvalue weighted by Crippen LogP contribution is 2.35. The molecule has 4 heteroatoms. The maximum absolute atomic E-state index is 4.45. The first-order valence-corrected chi connectivity index (χ1v) is 9.00. The Bertz CT molecular complexity index is 561. The Hall–Kier alpha value is -1.13. The van der Waals surface area contributed by atoms with Crippen molar-refractivity contribution in [2.45, 2.75) is 58.5 Å². The van der Waals surface area contributed by atoms with E-state index in [1.807, 2.05) is 22.2 Å². The van der Waals surface area contributed by atoms with Crippen LogP contribution in [0.15, 0.2) is 18.5 Å². The number of aromatic nitrogens is 2. The third-order valence-electron chi connectivity index (χ3n) is 4.21. The van der Waals surface area contributed by atoms with Crippen LogP contribution in [0.5, 0.6) is 0 Å². The molecular weight excluding hydrogens is 278 g/mol. The van der Waals surface area contributed by atoms with E-state index in [1.54, 1.807) is 10.4 Å². The van der Waals surface area contributed by atoms with Crippen LogP contribution in [0.1, 0.15) is 60.0 Å². The minimum absolute atomic E-state index is 0.306. The van der Waals surface area contributed by atoms with Crippen molar-refractivity contribution in [3.05, 3.63) is 39.3 Å². The molecule has 1 atom stereocenters. The van der Waals surface area contributed by atoms with Crippen LogP contribution in [-0.4, -0.2) is 16.3 Å². The molecule has 21 heavy (non-hydrogen) atoms. The van der Waals surface area contributed by atoms with Crippen molar-refractivity contribution in [3.8, 4) is 0 Å². The second kappa shape index (κ2) is 6.75. The minimum Gasteiger partial charge on any atom is -0.306 e. The standard InChI is InChI=1S/C17H25N3S/c1-3-9-18-17(14-11-19-20(4-2)12-14)16-10-13-7-5-6-8-15(13)21-16/h10-12,17-18H,3-9H2,1-2H3. The number of hydrogen-bond acceptors (Lipinski definition) is 3. The predicted molar refractivity (Wildman–Crippen MR) is 89.0 cm³/mol. The zero-order valence-corrected chi connectivity index (χ0v) is 13.9. The zero-order chi connectivity index (χ0) is 14.7. The summed E-state index contributed by atoms with van der Waals surface area (Å²) >= 11 is 2.01. The van der Waals surface area contributed by atoms with Crippen LogP contribution >= 0.6 is 11.3 Å². The number of nitrogens with zero attached hydrogens (tertiary/aromatic N) is 2. The molecule has 2 aromatic heterocycles. The second-order valence-corrected chi connectivity index (χ2v) is 6.99. The molecule has 0 spiro atoms. The molecule has 1 aliphatic rings. The molecule has 3 nitrogen and oxygen atoms in total. The molecule has 2 heterocycles. The summed E-state index contributed by atoms with van der Waals surface area (Å²) in [5, 5.41) is 8.16. The lowest BCUT2D eigenvalue weighted by Crippen LogP contribution is -2.22. The van der Waals surface area contributed by atoms with Gasteiger partial charge in [-0.25, -0.2) is 0 Å². The fourth-order valence-electron chi connectivity index (χ4n) is 3.03. The van der Waals surface area contributed by atoms with Crippen LogP contribution in [0.4, 0.5) is 0 Å². The number of thiophene rings is 1. The number of hydrogen-bond donors (Lipinski definition) is 1. The van der Waals surface area contributed by atoms with Gasteiger partial charge in [-0.05, 0) is 57.2 Å². The Labute approximate surface area is 131 Å². The third-order valence-corrected chi connectivity index (χ3v) is 5.51. The SMILES string of the molecule is CCCNC(c1cnn(CC)c1)c1cc2c(s1)CCCC2. The smallest absolute Gasteiger partial charge is 0.0702 e. The van der Waals surface area contributed by atoms with Gasteiger partial charge in [0.1, 0.15) is 0 Å². The van der Waals surface area contributed by atoms with Gasteiger partial charge in [-0.3, -0.25) is 4.68 Å². The molecule has 0 aliphatic heterocycles. The molecule has 3 rings (SSSR count). The van der Waals surface area contributed by atoms with Crippen molar-refractivity contribution in [3.63, 3.8) is 0 Å². The third kappa shape index (κ3) is 3.22. The van der Waals surface area contributed by atoms with Crippen LogP contribution in [0.25, 0.3) is 0 Å². The van der Waals surface area contributed by atoms with Crippen LogP contribution in [0.3, 0.4) is 0 Å². The fraction of sp³-hybridized carbons (Fsp3) is 0.588. The highest BCUT2D eigenvalue weighted by molar-refractivity contribution is 7.12. The monoisotopic (exact) mass is 303 g/mol. The predicted octanol–water partition coefficient (Wildman–Crippen LogP) is 3.93. The van der Waals surface area contributed by atoms with Gasteiger partial charge < -0.3 is 5.32 Å². The van der Waals surface area contributed by atoms with E-state index in [-0.39, 0.29) is 0 Å². The minimum atomic E-state index is 0.306. The van der Waals surface area contributed by atoms with Crippen molar-refractivity contribution in [2.24, 2.45) is 0 Å². The van der Waals surface area contributed by atoms with Gasteiger partial charge in [0.25, 0.3) is 0 Å². The van der Waals surface area contributed by atoms with E-state index in [0.717, 1.165) is 19.5 Å². The summed E-state index contributed by atoms with van der Waals surface area (Å²) in [7, 11) is 0. The van der Waals surface area contributed by atoms with Crippen molar-refractivity contribution < 1.29 is 0 Å². The lowest BCUT2D eigenvalue weighted by molar-refractivity contribution is 0.603. The highest BCUT2D eigenvalue weighted by atomic mass is 32.1. The Morgan fingerprint density at radius 3 is 2.90 bits per heavy atom. The highest BCUT2D eigenvalue weighted by Gasteiger charge is 2.21. The molecule has 0 fully saturated rings. The van der Waals surface area contributed by atoms with Gasteiger partial charge in [0.05, 0.1) is 12.2 Å². The topological polar surface area (TPSA) is 29.9 Å². The van der Waals surface area contributed by atoms with Gasteiger partial charge in [-0.15, -0.1) is 11.3 Å². The Morgan fingerprint density at radius 1 is 1.33 bits per heavy atom. The van der Waals surface area contributed by atoms with Crippen molar-refractivity contribution in [1.29, 1.82) is 0 Å². The Balaban J connectivity index is 1.89. The van der Waals surface area contributed by atoms with Crippen molar-refractivity contribution in [2.75, 3.05) is 6.54 Å². The van der Waals surface area contributed by atoms with E-state index in [2.05, 4.69) is 36.5 Å². The first-order chi connectivity index (χ1) is 10.3. The molecule has 1 unspecified atom stereocenters. The zero-order valence-electron chi connectivity index (χ0n) is 13.1. The summed E-state index contributed by atoms with van der Waals surface area (Å²) in [6.07, 6.45) is 10.6. The maximum Gasteiger partial charge on any atom is 0.0702 e. The summed E-state index contributed by atoms with van der Waals surface area (Å²) in [5.41, 5.74) is 2.89. The Morgan fingerprint density at radius 2 is 2.19 bits per heavy atom. The van der Waals surface area contributed by atoms with Crippen LogP contribution < -0.4 is 5.32 Å². The molecule has 0 amide bonds. The van der Waals surface area contributed by atoms with E-state index in [9.17, 15) is 0 Å². The molecule has 2 aromatic rings. The number of rotatable bonds is 6. The van der Waals surface area contributed by atoms with Crippen LogP contribution in [0, 0.1) is 0 Å². The van der Waals surface area contributed by atoms with E-state index in [4.69, 9.17) is 0 Å². The second-order valence-electron chi connectivity index (χ2n) is 5.82. The lowest BCUT2D eigenvalue weighted by atomic mass is 9.98. The van der Waals surface area contributed by atoms with Gasteiger partial charge in [0.15, 0.2) is 0 Å². The van der Waals surface area contributed by atoms with Gasteiger partial charge in [0.2, 0.25) is 0 Å².